The number of aromatic nitrogens is 4. The zero-order valence-corrected chi connectivity index (χ0v) is 14.8. The van der Waals surface area contributed by atoms with Crippen molar-refractivity contribution in [2.45, 2.75) is 0 Å². The van der Waals surface area contributed by atoms with E-state index in [2.05, 4.69) is 19.9 Å². The monoisotopic (exact) mass is 379 g/mol. The van der Waals surface area contributed by atoms with Gasteiger partial charge in [-0.1, -0.05) is 0 Å². The lowest BCUT2D eigenvalue weighted by molar-refractivity contribution is 0.415. The van der Waals surface area contributed by atoms with E-state index in [-0.39, 0.29) is 17.2 Å². The van der Waals surface area contributed by atoms with Gasteiger partial charge in [-0.3, -0.25) is 4.98 Å². The molecule has 1 aromatic carbocycles. The quantitative estimate of drug-likeness (QED) is 0.558. The predicted octanol–water partition coefficient (Wildman–Crippen LogP) is 4.07. The molecule has 0 aliphatic carbocycles. The van der Waals surface area contributed by atoms with Crippen LogP contribution in [0.15, 0.2) is 55.0 Å². The first-order valence-electron chi connectivity index (χ1n) is 8.32. The number of imidazole rings is 1. The van der Waals surface area contributed by atoms with Crippen LogP contribution in [0.1, 0.15) is 0 Å². The molecule has 0 bridgehead atoms. The molecule has 6 nitrogen and oxygen atoms in total. The van der Waals surface area contributed by atoms with Gasteiger partial charge in [-0.05, 0) is 30.3 Å². The zero-order valence-electron chi connectivity index (χ0n) is 14.8. The van der Waals surface area contributed by atoms with E-state index in [0.29, 0.717) is 22.7 Å². The van der Waals surface area contributed by atoms with Gasteiger partial charge in [0.1, 0.15) is 17.5 Å². The molecule has 28 heavy (non-hydrogen) atoms. The highest BCUT2D eigenvalue weighted by atomic mass is 19.1. The van der Waals surface area contributed by atoms with Crippen LogP contribution < -0.4 is 10.5 Å². The van der Waals surface area contributed by atoms with Crippen LogP contribution in [0.25, 0.3) is 33.9 Å². The van der Waals surface area contributed by atoms with Crippen molar-refractivity contribution in [1.82, 2.24) is 19.9 Å². The van der Waals surface area contributed by atoms with Gasteiger partial charge < -0.3 is 15.5 Å². The molecule has 0 fully saturated rings. The van der Waals surface area contributed by atoms with E-state index >= 15 is 0 Å². The van der Waals surface area contributed by atoms with Crippen molar-refractivity contribution in [3.8, 4) is 39.7 Å². The Morgan fingerprint density at radius 3 is 2.54 bits per heavy atom. The van der Waals surface area contributed by atoms with Crippen molar-refractivity contribution >= 4 is 5.82 Å². The molecule has 0 amide bonds. The van der Waals surface area contributed by atoms with E-state index in [1.165, 1.54) is 19.2 Å². The van der Waals surface area contributed by atoms with Gasteiger partial charge >= 0.3 is 0 Å². The summed E-state index contributed by atoms with van der Waals surface area (Å²) in [6.45, 7) is 0. The highest BCUT2D eigenvalue weighted by molar-refractivity contribution is 5.81. The van der Waals surface area contributed by atoms with Gasteiger partial charge in [0.05, 0.1) is 24.1 Å². The Labute approximate surface area is 159 Å². The normalized spacial score (nSPS) is 10.8. The Hall–Kier alpha value is -3.81. The molecule has 3 aromatic heterocycles. The number of nitrogens with two attached hydrogens (primary N) is 1. The summed E-state index contributed by atoms with van der Waals surface area (Å²) in [6, 6.07) is 8.63. The number of anilines is 1. The van der Waals surface area contributed by atoms with Crippen molar-refractivity contribution in [2.75, 3.05) is 12.8 Å². The maximum Gasteiger partial charge on any atom is 0.166 e. The second-order valence-electron chi connectivity index (χ2n) is 5.98. The summed E-state index contributed by atoms with van der Waals surface area (Å²) in [5, 5.41) is 0. The van der Waals surface area contributed by atoms with Crippen LogP contribution >= 0.6 is 0 Å². The highest BCUT2D eigenvalue weighted by Gasteiger charge is 2.19. The molecular formula is C20H15F2N5O. The number of aromatic amines is 1. The van der Waals surface area contributed by atoms with E-state index in [0.717, 1.165) is 11.6 Å². The minimum Gasteiger partial charge on any atom is -0.493 e. The molecule has 8 heteroatoms. The van der Waals surface area contributed by atoms with Gasteiger partial charge in [-0.25, -0.2) is 18.7 Å². The number of pyridine rings is 2. The number of ether oxygens (including phenoxy) is 1. The molecule has 4 rings (SSSR count). The second-order valence-corrected chi connectivity index (χ2v) is 5.98. The fraction of sp³-hybridized carbons (Fsp3) is 0.0500. The third-order valence-electron chi connectivity index (χ3n) is 4.23. The van der Waals surface area contributed by atoms with E-state index in [1.54, 1.807) is 36.8 Å². The first kappa shape index (κ1) is 17.6. The Morgan fingerprint density at radius 1 is 1.04 bits per heavy atom. The first-order valence-corrected chi connectivity index (χ1v) is 8.32. The van der Waals surface area contributed by atoms with Crippen molar-refractivity contribution in [1.29, 1.82) is 0 Å². The van der Waals surface area contributed by atoms with Gasteiger partial charge in [0.2, 0.25) is 0 Å². The Morgan fingerprint density at radius 2 is 1.82 bits per heavy atom. The summed E-state index contributed by atoms with van der Waals surface area (Å²) in [7, 11) is 1.49. The molecule has 4 aromatic rings. The molecule has 0 spiro atoms. The summed E-state index contributed by atoms with van der Waals surface area (Å²) in [5.74, 6) is -0.465. The molecule has 0 radical (unpaired) electrons. The third kappa shape index (κ3) is 3.16. The van der Waals surface area contributed by atoms with Crippen molar-refractivity contribution < 1.29 is 13.5 Å². The van der Waals surface area contributed by atoms with Gasteiger partial charge in [0.25, 0.3) is 0 Å². The minimum absolute atomic E-state index is 0.151. The van der Waals surface area contributed by atoms with E-state index in [1.807, 2.05) is 0 Å². The maximum atomic E-state index is 14.3. The van der Waals surface area contributed by atoms with E-state index < -0.39 is 11.6 Å². The standard InChI is InChI=1S/C20H15F2N5O/c1-28-16-8-12(10-25-19(16)23)18-17(11-4-6-24-7-5-11)26-20(27-18)14-3-2-13(21)9-15(14)22/h2-10H,1H3,(H2,23,25)(H,26,27). The highest BCUT2D eigenvalue weighted by Crippen LogP contribution is 2.35. The Kier molecular flexibility index (Phi) is 4.44. The van der Waals surface area contributed by atoms with Crippen LogP contribution in [0.2, 0.25) is 0 Å². The van der Waals surface area contributed by atoms with E-state index in [9.17, 15) is 8.78 Å². The third-order valence-corrected chi connectivity index (χ3v) is 4.23. The molecule has 0 aliphatic heterocycles. The maximum absolute atomic E-state index is 14.3. The fourth-order valence-electron chi connectivity index (χ4n) is 2.87. The number of nitrogen functional groups attached to an aromatic ring is 1. The topological polar surface area (TPSA) is 89.7 Å². The number of benzene rings is 1. The number of nitrogens with zero attached hydrogens (tertiary/aromatic N) is 3. The van der Waals surface area contributed by atoms with Gasteiger partial charge in [0.15, 0.2) is 11.6 Å². The van der Waals surface area contributed by atoms with Crippen LogP contribution in [0, 0.1) is 11.6 Å². The lowest BCUT2D eigenvalue weighted by Crippen LogP contribution is -1.96. The van der Waals surface area contributed by atoms with Crippen LogP contribution in [0.3, 0.4) is 0 Å². The van der Waals surface area contributed by atoms with Crippen molar-refractivity contribution in [3.05, 3.63) is 66.6 Å². The number of methoxy groups -OCH3 is 1. The summed E-state index contributed by atoms with van der Waals surface area (Å²) in [4.78, 5) is 15.8. The molecule has 0 saturated heterocycles. The summed E-state index contributed by atoms with van der Waals surface area (Å²) in [6.07, 6.45) is 4.84. The van der Waals surface area contributed by atoms with Crippen LogP contribution in [0.5, 0.6) is 5.75 Å². The average molecular weight is 379 g/mol. The van der Waals surface area contributed by atoms with Gasteiger partial charge in [0, 0.05) is 35.8 Å². The lowest BCUT2D eigenvalue weighted by Gasteiger charge is -2.07. The number of hydrogen-bond donors (Lipinski definition) is 2. The molecule has 0 atom stereocenters. The molecule has 3 heterocycles. The van der Waals surface area contributed by atoms with Crippen LogP contribution in [-0.4, -0.2) is 27.0 Å². The van der Waals surface area contributed by atoms with Gasteiger partial charge in [-0.2, -0.15) is 0 Å². The van der Waals surface area contributed by atoms with Crippen LogP contribution in [0.4, 0.5) is 14.6 Å². The number of hydrogen-bond acceptors (Lipinski definition) is 5. The second kappa shape index (κ2) is 7.07. The predicted molar refractivity (Wildman–Crippen MR) is 101 cm³/mol. The molecule has 0 aliphatic rings. The smallest absolute Gasteiger partial charge is 0.166 e. The summed E-state index contributed by atoms with van der Waals surface area (Å²) < 4.78 is 32.8. The van der Waals surface area contributed by atoms with Gasteiger partial charge in [-0.15, -0.1) is 0 Å². The minimum atomic E-state index is -0.713. The Bertz CT molecular complexity index is 1140. The largest absolute Gasteiger partial charge is 0.493 e. The average Bonchev–Trinajstić information content (AvgIpc) is 3.14. The zero-order chi connectivity index (χ0) is 19.7. The number of halogens is 2. The molecule has 0 unspecified atom stereocenters. The SMILES string of the molecule is COc1cc(-c2nc(-c3ccc(F)cc3F)[nH]c2-c2ccncc2)cnc1N. The Balaban J connectivity index is 1.93. The summed E-state index contributed by atoms with van der Waals surface area (Å²) >= 11 is 0. The number of nitrogens with one attached hydrogen (secondary N) is 1. The summed E-state index contributed by atoms with van der Waals surface area (Å²) in [5.41, 5.74) is 8.53. The molecule has 140 valence electrons. The number of rotatable bonds is 4. The van der Waals surface area contributed by atoms with E-state index in [4.69, 9.17) is 10.5 Å². The molecule has 3 N–H and O–H groups in total. The number of H-pyrrole nitrogens is 1. The molecular weight excluding hydrogens is 364 g/mol. The van der Waals surface area contributed by atoms with Crippen molar-refractivity contribution in [3.63, 3.8) is 0 Å². The first-order chi connectivity index (χ1) is 13.6. The fourth-order valence-corrected chi connectivity index (χ4v) is 2.87. The lowest BCUT2D eigenvalue weighted by atomic mass is 10.1. The van der Waals surface area contributed by atoms with Crippen LogP contribution in [-0.2, 0) is 0 Å². The molecule has 0 saturated carbocycles. The van der Waals surface area contributed by atoms with Crippen molar-refractivity contribution in [2.24, 2.45) is 0 Å².